The van der Waals surface area contributed by atoms with E-state index in [0.717, 1.165) is 0 Å². The maximum Gasteiger partial charge on any atom is 0.0857 e. The standard InChI is InChI=1S/C11H19NO/c1-8(2)10-7-12-6-5-11(10)13-9(3)4/h5-11H,1-4H3. The van der Waals surface area contributed by atoms with Gasteiger partial charge in [-0.1, -0.05) is 13.8 Å². The first kappa shape index (κ1) is 10.5. The molecule has 2 unspecified atom stereocenters. The third-order valence-electron chi connectivity index (χ3n) is 2.20. The van der Waals surface area contributed by atoms with Crippen LogP contribution in [0.25, 0.3) is 0 Å². The van der Waals surface area contributed by atoms with Crippen LogP contribution in [0, 0.1) is 11.8 Å². The lowest BCUT2D eigenvalue weighted by atomic mass is 9.90. The van der Waals surface area contributed by atoms with Crippen molar-refractivity contribution >= 4 is 6.21 Å². The molecule has 0 amide bonds. The molecule has 0 aromatic rings. The predicted molar refractivity (Wildman–Crippen MR) is 56.0 cm³/mol. The van der Waals surface area contributed by atoms with Gasteiger partial charge in [-0.25, -0.2) is 0 Å². The number of ether oxygens (including phenoxy) is 1. The molecule has 2 heteroatoms. The van der Waals surface area contributed by atoms with E-state index >= 15 is 0 Å². The summed E-state index contributed by atoms with van der Waals surface area (Å²) >= 11 is 0. The third kappa shape index (κ3) is 2.96. The van der Waals surface area contributed by atoms with Crippen molar-refractivity contribution in [3.63, 3.8) is 0 Å². The van der Waals surface area contributed by atoms with Crippen LogP contribution in [-0.2, 0) is 4.74 Å². The highest BCUT2D eigenvalue weighted by Gasteiger charge is 2.23. The molecule has 0 radical (unpaired) electrons. The van der Waals surface area contributed by atoms with E-state index in [-0.39, 0.29) is 12.2 Å². The minimum Gasteiger partial charge on any atom is -0.371 e. The molecule has 0 aromatic heterocycles. The molecule has 0 spiro atoms. The molecular weight excluding hydrogens is 162 g/mol. The summed E-state index contributed by atoms with van der Waals surface area (Å²) in [5, 5.41) is 0. The van der Waals surface area contributed by atoms with Crippen LogP contribution in [0.1, 0.15) is 27.7 Å². The Bertz CT molecular complexity index is 206. The van der Waals surface area contributed by atoms with Gasteiger partial charge in [-0.3, -0.25) is 4.99 Å². The summed E-state index contributed by atoms with van der Waals surface area (Å²) in [4.78, 5) is 4.15. The van der Waals surface area contributed by atoms with Gasteiger partial charge in [0.25, 0.3) is 0 Å². The molecule has 2 nitrogen and oxygen atoms in total. The summed E-state index contributed by atoms with van der Waals surface area (Å²) in [6, 6.07) is 0. The molecule has 13 heavy (non-hydrogen) atoms. The van der Waals surface area contributed by atoms with Crippen molar-refractivity contribution in [1.29, 1.82) is 0 Å². The minimum absolute atomic E-state index is 0.206. The number of nitrogens with zero attached hydrogens (tertiary/aromatic N) is 1. The van der Waals surface area contributed by atoms with Crippen molar-refractivity contribution in [3.8, 4) is 0 Å². The second-order valence-electron chi connectivity index (χ2n) is 4.11. The van der Waals surface area contributed by atoms with Crippen molar-refractivity contribution in [3.05, 3.63) is 12.3 Å². The first-order valence-electron chi connectivity index (χ1n) is 4.96. The Labute approximate surface area is 80.7 Å². The Morgan fingerprint density at radius 2 is 1.92 bits per heavy atom. The average Bonchev–Trinajstić information content (AvgIpc) is 2.03. The Morgan fingerprint density at radius 3 is 2.46 bits per heavy atom. The van der Waals surface area contributed by atoms with Gasteiger partial charge in [0.15, 0.2) is 0 Å². The van der Waals surface area contributed by atoms with Gasteiger partial charge in [0.1, 0.15) is 0 Å². The van der Waals surface area contributed by atoms with E-state index in [1.807, 2.05) is 18.5 Å². The first-order valence-corrected chi connectivity index (χ1v) is 4.96. The Morgan fingerprint density at radius 1 is 1.23 bits per heavy atom. The summed E-state index contributed by atoms with van der Waals surface area (Å²) in [6.07, 6.45) is 6.36. The fraction of sp³-hybridized carbons (Fsp3) is 0.727. The topological polar surface area (TPSA) is 21.6 Å². The molecule has 1 aliphatic heterocycles. The van der Waals surface area contributed by atoms with Gasteiger partial charge < -0.3 is 4.74 Å². The highest BCUT2D eigenvalue weighted by Crippen LogP contribution is 2.21. The molecule has 74 valence electrons. The Balaban J connectivity index is 2.60. The van der Waals surface area contributed by atoms with E-state index in [2.05, 4.69) is 32.7 Å². The van der Waals surface area contributed by atoms with Crippen LogP contribution >= 0.6 is 0 Å². The molecule has 0 aliphatic carbocycles. The zero-order valence-electron chi connectivity index (χ0n) is 8.90. The van der Waals surface area contributed by atoms with Crippen LogP contribution in [0.2, 0.25) is 0 Å². The van der Waals surface area contributed by atoms with Gasteiger partial charge in [-0.05, 0) is 25.8 Å². The van der Waals surface area contributed by atoms with Crippen molar-refractivity contribution in [2.45, 2.75) is 39.9 Å². The molecule has 0 saturated carbocycles. The predicted octanol–water partition coefficient (Wildman–Crippen LogP) is 2.65. The Kier molecular flexibility index (Phi) is 3.67. The van der Waals surface area contributed by atoms with Gasteiger partial charge in [0.05, 0.1) is 12.2 Å². The Hall–Kier alpha value is -0.630. The lowest BCUT2D eigenvalue weighted by Crippen LogP contribution is -2.31. The molecule has 1 heterocycles. The second kappa shape index (κ2) is 4.56. The van der Waals surface area contributed by atoms with Crippen molar-refractivity contribution in [2.24, 2.45) is 16.8 Å². The van der Waals surface area contributed by atoms with Gasteiger partial charge in [0, 0.05) is 18.3 Å². The second-order valence-corrected chi connectivity index (χ2v) is 4.11. The van der Waals surface area contributed by atoms with E-state index in [9.17, 15) is 0 Å². The van der Waals surface area contributed by atoms with Gasteiger partial charge >= 0.3 is 0 Å². The smallest absolute Gasteiger partial charge is 0.0857 e. The van der Waals surface area contributed by atoms with Gasteiger partial charge in [-0.2, -0.15) is 0 Å². The molecule has 0 bridgehead atoms. The SMILES string of the molecule is CC(C)OC1C=CN=CC1C(C)C. The maximum atomic E-state index is 5.79. The fourth-order valence-corrected chi connectivity index (χ4v) is 1.50. The first-order chi connectivity index (χ1) is 6.11. The van der Waals surface area contributed by atoms with Crippen LogP contribution < -0.4 is 0 Å². The lowest BCUT2D eigenvalue weighted by Gasteiger charge is -2.28. The lowest BCUT2D eigenvalue weighted by molar-refractivity contribution is 0.00853. The van der Waals surface area contributed by atoms with E-state index in [1.54, 1.807) is 0 Å². The molecule has 1 rings (SSSR count). The van der Waals surface area contributed by atoms with Gasteiger partial charge in [0.2, 0.25) is 0 Å². The number of rotatable bonds is 3. The quantitative estimate of drug-likeness (QED) is 0.656. The highest BCUT2D eigenvalue weighted by molar-refractivity contribution is 5.64. The zero-order chi connectivity index (χ0) is 9.84. The molecule has 2 atom stereocenters. The van der Waals surface area contributed by atoms with Crippen molar-refractivity contribution in [2.75, 3.05) is 0 Å². The molecule has 0 fully saturated rings. The summed E-state index contributed by atoms with van der Waals surface area (Å²) in [5.74, 6) is 1.00. The third-order valence-corrected chi connectivity index (χ3v) is 2.20. The van der Waals surface area contributed by atoms with Crippen molar-refractivity contribution in [1.82, 2.24) is 0 Å². The van der Waals surface area contributed by atoms with Crippen LogP contribution in [0.5, 0.6) is 0 Å². The largest absolute Gasteiger partial charge is 0.371 e. The monoisotopic (exact) mass is 181 g/mol. The zero-order valence-corrected chi connectivity index (χ0v) is 8.90. The molecule has 0 N–H and O–H groups in total. The molecule has 0 saturated heterocycles. The molecule has 0 aromatic carbocycles. The summed E-state index contributed by atoms with van der Waals surface area (Å²) < 4.78 is 5.79. The number of aliphatic imine (C=N–C) groups is 1. The van der Waals surface area contributed by atoms with E-state index < -0.39 is 0 Å². The molecule has 1 aliphatic rings. The van der Waals surface area contributed by atoms with Gasteiger partial charge in [-0.15, -0.1) is 0 Å². The normalized spacial score (nSPS) is 27.5. The summed E-state index contributed by atoms with van der Waals surface area (Å²) in [7, 11) is 0. The van der Waals surface area contributed by atoms with E-state index in [4.69, 9.17) is 4.74 Å². The van der Waals surface area contributed by atoms with Crippen molar-refractivity contribution < 1.29 is 4.74 Å². The average molecular weight is 181 g/mol. The van der Waals surface area contributed by atoms with Crippen LogP contribution in [0.15, 0.2) is 17.3 Å². The highest BCUT2D eigenvalue weighted by atomic mass is 16.5. The van der Waals surface area contributed by atoms with E-state index in [0.29, 0.717) is 11.8 Å². The molecular formula is C11H19NO. The summed E-state index contributed by atoms with van der Waals surface area (Å²) in [5.41, 5.74) is 0. The van der Waals surface area contributed by atoms with Crippen LogP contribution in [-0.4, -0.2) is 18.4 Å². The van der Waals surface area contributed by atoms with Crippen LogP contribution in [0.3, 0.4) is 0 Å². The number of hydrogen-bond acceptors (Lipinski definition) is 2. The summed E-state index contributed by atoms with van der Waals surface area (Å²) in [6.45, 7) is 8.53. The van der Waals surface area contributed by atoms with E-state index in [1.165, 1.54) is 0 Å². The fourth-order valence-electron chi connectivity index (χ4n) is 1.50. The number of hydrogen-bond donors (Lipinski definition) is 0. The maximum absolute atomic E-state index is 5.79. The van der Waals surface area contributed by atoms with Crippen LogP contribution in [0.4, 0.5) is 0 Å². The minimum atomic E-state index is 0.206.